The van der Waals surface area contributed by atoms with Crippen LogP contribution >= 0.6 is 0 Å². The molecule has 0 radical (unpaired) electrons. The molecule has 0 saturated carbocycles. The third-order valence-corrected chi connectivity index (χ3v) is 2.14. The number of carbonyl (C=O) groups is 1. The Morgan fingerprint density at radius 2 is 2.36 bits per heavy atom. The fourth-order valence-electron chi connectivity index (χ4n) is 1.36. The number of hydrogen-bond donors (Lipinski definition) is 2. The van der Waals surface area contributed by atoms with Crippen molar-refractivity contribution in [2.45, 2.75) is 12.8 Å². The molecule has 0 unspecified atom stereocenters. The smallest absolute Gasteiger partial charge is 0.248 e. The van der Waals surface area contributed by atoms with E-state index in [0.717, 1.165) is 0 Å². The standard InChI is InChI=1S/C9H15N3O2/c1-7(13)4-3-5-12-8(14)6-11(2)9(12)10/h10,13H,1,3-6H2,2H3. The molecule has 2 N–H and O–H groups in total. The molecule has 0 bridgehead atoms. The summed E-state index contributed by atoms with van der Waals surface area (Å²) in [6.07, 6.45) is 1.11. The van der Waals surface area contributed by atoms with E-state index in [0.29, 0.717) is 19.4 Å². The van der Waals surface area contributed by atoms with Gasteiger partial charge in [-0.2, -0.15) is 0 Å². The summed E-state index contributed by atoms with van der Waals surface area (Å²) in [6, 6.07) is 0. The molecule has 1 saturated heterocycles. The minimum atomic E-state index is -0.0546. The van der Waals surface area contributed by atoms with Crippen molar-refractivity contribution in [3.8, 4) is 0 Å². The van der Waals surface area contributed by atoms with Gasteiger partial charge in [-0.1, -0.05) is 6.58 Å². The molecule has 0 aromatic rings. The number of aliphatic hydroxyl groups excluding tert-OH is 1. The van der Waals surface area contributed by atoms with Crippen LogP contribution in [0.25, 0.3) is 0 Å². The summed E-state index contributed by atoms with van der Waals surface area (Å²) in [5.41, 5.74) is 0. The van der Waals surface area contributed by atoms with Crippen molar-refractivity contribution in [1.29, 1.82) is 5.41 Å². The van der Waals surface area contributed by atoms with Gasteiger partial charge in [-0.3, -0.25) is 15.1 Å². The number of guanidine groups is 1. The highest BCUT2D eigenvalue weighted by Crippen LogP contribution is 2.09. The largest absolute Gasteiger partial charge is 0.513 e. The van der Waals surface area contributed by atoms with Gasteiger partial charge in [-0.15, -0.1) is 0 Å². The second-order valence-corrected chi connectivity index (χ2v) is 3.39. The summed E-state index contributed by atoms with van der Waals surface area (Å²) in [7, 11) is 1.71. The van der Waals surface area contributed by atoms with Crippen LogP contribution in [0.1, 0.15) is 12.8 Å². The summed E-state index contributed by atoms with van der Waals surface area (Å²) < 4.78 is 0. The van der Waals surface area contributed by atoms with E-state index in [1.54, 1.807) is 11.9 Å². The molecule has 1 aliphatic heterocycles. The summed E-state index contributed by atoms with van der Waals surface area (Å²) >= 11 is 0. The van der Waals surface area contributed by atoms with Crippen LogP contribution in [0.2, 0.25) is 0 Å². The highest BCUT2D eigenvalue weighted by atomic mass is 16.3. The molecule has 0 aromatic carbocycles. The summed E-state index contributed by atoms with van der Waals surface area (Å²) in [5.74, 6) is 0.302. The lowest BCUT2D eigenvalue weighted by atomic mass is 10.2. The van der Waals surface area contributed by atoms with E-state index in [1.165, 1.54) is 4.90 Å². The number of nitrogens with one attached hydrogen (secondary N) is 1. The van der Waals surface area contributed by atoms with Crippen molar-refractivity contribution in [3.63, 3.8) is 0 Å². The van der Waals surface area contributed by atoms with E-state index in [4.69, 9.17) is 10.5 Å². The Morgan fingerprint density at radius 1 is 1.71 bits per heavy atom. The van der Waals surface area contributed by atoms with Crippen molar-refractivity contribution in [2.24, 2.45) is 0 Å². The molecular weight excluding hydrogens is 182 g/mol. The Hall–Kier alpha value is -1.52. The summed E-state index contributed by atoms with van der Waals surface area (Å²) in [5, 5.41) is 16.4. The fraction of sp³-hybridized carbons (Fsp3) is 0.556. The molecule has 0 aromatic heterocycles. The first kappa shape index (κ1) is 10.6. The molecule has 14 heavy (non-hydrogen) atoms. The van der Waals surface area contributed by atoms with Crippen LogP contribution in [-0.4, -0.2) is 46.9 Å². The van der Waals surface area contributed by atoms with Crippen molar-refractivity contribution < 1.29 is 9.90 Å². The van der Waals surface area contributed by atoms with E-state index in [1.807, 2.05) is 0 Å². The van der Waals surface area contributed by atoms with Crippen molar-refractivity contribution in [3.05, 3.63) is 12.3 Å². The summed E-state index contributed by atoms with van der Waals surface area (Å²) in [4.78, 5) is 14.3. The lowest BCUT2D eigenvalue weighted by Crippen LogP contribution is -2.33. The molecular formula is C9H15N3O2. The lowest BCUT2D eigenvalue weighted by Gasteiger charge is -2.16. The van der Waals surface area contributed by atoms with Crippen LogP contribution in [0.15, 0.2) is 12.3 Å². The van der Waals surface area contributed by atoms with Gasteiger partial charge in [0, 0.05) is 20.0 Å². The Bertz CT molecular complexity index is 275. The van der Waals surface area contributed by atoms with E-state index in [2.05, 4.69) is 6.58 Å². The van der Waals surface area contributed by atoms with E-state index < -0.39 is 0 Å². The number of nitrogens with zero attached hydrogens (tertiary/aromatic N) is 2. The Morgan fingerprint density at radius 3 is 2.79 bits per heavy atom. The highest BCUT2D eigenvalue weighted by Gasteiger charge is 2.29. The number of carbonyl (C=O) groups excluding carboxylic acids is 1. The normalized spacial score (nSPS) is 16.6. The third kappa shape index (κ3) is 2.25. The average molecular weight is 197 g/mol. The molecule has 0 spiro atoms. The number of likely N-dealkylation sites (N-methyl/N-ethyl adjacent to an activating group) is 1. The van der Waals surface area contributed by atoms with Gasteiger partial charge >= 0.3 is 0 Å². The highest BCUT2D eigenvalue weighted by molar-refractivity contribution is 6.02. The van der Waals surface area contributed by atoms with E-state index in [-0.39, 0.29) is 24.2 Å². The lowest BCUT2D eigenvalue weighted by molar-refractivity contribution is -0.125. The quantitative estimate of drug-likeness (QED) is 0.646. The zero-order valence-electron chi connectivity index (χ0n) is 8.29. The SMILES string of the molecule is C=C(O)CCCN1C(=N)N(C)CC1=O. The Kier molecular flexibility index (Phi) is 3.11. The second-order valence-electron chi connectivity index (χ2n) is 3.39. The first-order chi connectivity index (χ1) is 6.52. The van der Waals surface area contributed by atoms with Gasteiger partial charge in [0.2, 0.25) is 11.9 Å². The topological polar surface area (TPSA) is 67.6 Å². The van der Waals surface area contributed by atoms with Crippen LogP contribution < -0.4 is 0 Å². The molecule has 78 valence electrons. The Balaban J connectivity index is 2.41. The zero-order chi connectivity index (χ0) is 10.7. The zero-order valence-corrected chi connectivity index (χ0v) is 8.29. The predicted octanol–water partition coefficient (Wildman–Crippen LogP) is 0.547. The molecule has 1 heterocycles. The molecule has 0 atom stereocenters. The van der Waals surface area contributed by atoms with Gasteiger partial charge in [0.15, 0.2) is 0 Å². The van der Waals surface area contributed by atoms with Crippen LogP contribution in [0.5, 0.6) is 0 Å². The molecule has 1 fully saturated rings. The first-order valence-corrected chi connectivity index (χ1v) is 4.49. The number of rotatable bonds is 4. The third-order valence-electron chi connectivity index (χ3n) is 2.14. The van der Waals surface area contributed by atoms with Gasteiger partial charge in [-0.25, -0.2) is 0 Å². The molecule has 5 heteroatoms. The van der Waals surface area contributed by atoms with Gasteiger partial charge in [0.25, 0.3) is 0 Å². The molecule has 1 rings (SSSR count). The predicted molar refractivity (Wildman–Crippen MR) is 53.1 cm³/mol. The van der Waals surface area contributed by atoms with Gasteiger partial charge < -0.3 is 10.0 Å². The van der Waals surface area contributed by atoms with Crippen molar-refractivity contribution in [1.82, 2.24) is 9.80 Å². The Labute approximate surface area is 83.1 Å². The van der Waals surface area contributed by atoms with Crippen LogP contribution in [0.4, 0.5) is 0 Å². The second kappa shape index (κ2) is 4.13. The first-order valence-electron chi connectivity index (χ1n) is 4.49. The minimum Gasteiger partial charge on any atom is -0.513 e. The van der Waals surface area contributed by atoms with Gasteiger partial charge in [-0.05, 0) is 6.42 Å². The number of aliphatic hydroxyl groups is 1. The maximum Gasteiger partial charge on any atom is 0.248 e. The van der Waals surface area contributed by atoms with Crippen molar-refractivity contribution >= 4 is 11.9 Å². The van der Waals surface area contributed by atoms with Gasteiger partial charge in [0.1, 0.15) is 0 Å². The number of allylic oxidation sites excluding steroid dienone is 1. The molecule has 0 aliphatic carbocycles. The van der Waals surface area contributed by atoms with E-state index in [9.17, 15) is 4.79 Å². The maximum atomic E-state index is 11.3. The van der Waals surface area contributed by atoms with Crippen molar-refractivity contribution in [2.75, 3.05) is 20.1 Å². The minimum absolute atomic E-state index is 0.0546. The fourth-order valence-corrected chi connectivity index (χ4v) is 1.36. The van der Waals surface area contributed by atoms with Gasteiger partial charge in [0.05, 0.1) is 12.3 Å². The average Bonchev–Trinajstić information content (AvgIpc) is 2.31. The van der Waals surface area contributed by atoms with Crippen LogP contribution in [0.3, 0.4) is 0 Å². The number of amides is 1. The molecule has 5 nitrogen and oxygen atoms in total. The van der Waals surface area contributed by atoms with Crippen LogP contribution in [0, 0.1) is 5.41 Å². The van der Waals surface area contributed by atoms with E-state index >= 15 is 0 Å². The molecule has 1 amide bonds. The monoisotopic (exact) mass is 197 g/mol. The summed E-state index contributed by atoms with van der Waals surface area (Å²) in [6.45, 7) is 4.11. The number of hydrogen-bond acceptors (Lipinski definition) is 3. The molecule has 1 aliphatic rings. The van der Waals surface area contributed by atoms with Crippen LogP contribution in [-0.2, 0) is 4.79 Å². The maximum absolute atomic E-state index is 11.3.